The SMILES string of the molecule is CCc1cc(C)c(Cl)c(CC)c1N(Cn1cncn1)C(C)=O. The zero-order valence-electron chi connectivity index (χ0n) is 13.4. The highest BCUT2D eigenvalue weighted by Gasteiger charge is 2.22. The van der Waals surface area contributed by atoms with E-state index >= 15 is 0 Å². The predicted molar refractivity (Wildman–Crippen MR) is 88.1 cm³/mol. The highest BCUT2D eigenvalue weighted by atomic mass is 35.5. The lowest BCUT2D eigenvalue weighted by Gasteiger charge is -2.27. The van der Waals surface area contributed by atoms with Crippen LogP contribution in [0.15, 0.2) is 18.7 Å². The van der Waals surface area contributed by atoms with E-state index in [1.165, 1.54) is 6.33 Å². The Balaban J connectivity index is 2.59. The van der Waals surface area contributed by atoms with Crippen LogP contribution in [0.4, 0.5) is 5.69 Å². The van der Waals surface area contributed by atoms with Gasteiger partial charge in [-0.05, 0) is 36.5 Å². The van der Waals surface area contributed by atoms with Gasteiger partial charge in [-0.3, -0.25) is 9.69 Å². The van der Waals surface area contributed by atoms with E-state index in [9.17, 15) is 4.79 Å². The van der Waals surface area contributed by atoms with Gasteiger partial charge in [0.15, 0.2) is 0 Å². The number of hydrogen-bond acceptors (Lipinski definition) is 3. The Kier molecular flexibility index (Phi) is 5.19. The molecule has 2 aromatic rings. The van der Waals surface area contributed by atoms with Crippen molar-refractivity contribution in [1.82, 2.24) is 14.8 Å². The molecular formula is C16H21ClN4O. The zero-order valence-corrected chi connectivity index (χ0v) is 14.2. The van der Waals surface area contributed by atoms with Crippen LogP contribution in [0.1, 0.15) is 37.5 Å². The van der Waals surface area contributed by atoms with Crippen molar-refractivity contribution in [2.75, 3.05) is 4.90 Å². The Morgan fingerprint density at radius 1 is 1.36 bits per heavy atom. The van der Waals surface area contributed by atoms with Crippen molar-refractivity contribution >= 4 is 23.2 Å². The third-order valence-corrected chi connectivity index (χ3v) is 4.26. The van der Waals surface area contributed by atoms with Gasteiger partial charge in [0.1, 0.15) is 19.3 Å². The molecule has 2 rings (SSSR count). The second-order valence-corrected chi connectivity index (χ2v) is 5.60. The average molecular weight is 321 g/mol. The first-order valence-electron chi connectivity index (χ1n) is 7.40. The Morgan fingerprint density at radius 2 is 2.09 bits per heavy atom. The third-order valence-electron chi connectivity index (χ3n) is 3.73. The first-order valence-corrected chi connectivity index (χ1v) is 7.78. The van der Waals surface area contributed by atoms with Gasteiger partial charge in [-0.2, -0.15) is 5.10 Å². The first kappa shape index (κ1) is 16.5. The molecule has 1 heterocycles. The van der Waals surface area contributed by atoms with Gasteiger partial charge in [-0.25, -0.2) is 9.67 Å². The first-order chi connectivity index (χ1) is 10.5. The van der Waals surface area contributed by atoms with E-state index in [2.05, 4.69) is 30.0 Å². The molecule has 22 heavy (non-hydrogen) atoms. The summed E-state index contributed by atoms with van der Waals surface area (Å²) in [5, 5.41) is 4.83. The third kappa shape index (κ3) is 3.14. The molecule has 0 aliphatic heterocycles. The number of carbonyl (C=O) groups is 1. The molecule has 6 heteroatoms. The van der Waals surface area contributed by atoms with Crippen molar-refractivity contribution in [2.45, 2.75) is 47.2 Å². The lowest BCUT2D eigenvalue weighted by Crippen LogP contribution is -2.33. The van der Waals surface area contributed by atoms with Crippen molar-refractivity contribution in [3.63, 3.8) is 0 Å². The monoisotopic (exact) mass is 320 g/mol. The van der Waals surface area contributed by atoms with Gasteiger partial charge >= 0.3 is 0 Å². The minimum absolute atomic E-state index is 0.0418. The van der Waals surface area contributed by atoms with E-state index in [0.29, 0.717) is 6.67 Å². The van der Waals surface area contributed by atoms with Crippen LogP contribution in [0.2, 0.25) is 5.02 Å². The van der Waals surface area contributed by atoms with Crippen LogP contribution in [-0.2, 0) is 24.3 Å². The van der Waals surface area contributed by atoms with Crippen LogP contribution in [-0.4, -0.2) is 20.7 Å². The summed E-state index contributed by atoms with van der Waals surface area (Å²) >= 11 is 6.49. The average Bonchev–Trinajstić information content (AvgIpc) is 3.00. The largest absolute Gasteiger partial charge is 0.292 e. The number of benzene rings is 1. The maximum atomic E-state index is 12.2. The van der Waals surface area contributed by atoms with Crippen molar-refractivity contribution in [1.29, 1.82) is 0 Å². The summed E-state index contributed by atoms with van der Waals surface area (Å²) in [6.07, 6.45) is 4.66. The number of aryl methyl sites for hydroxylation is 2. The van der Waals surface area contributed by atoms with E-state index in [4.69, 9.17) is 11.6 Å². The van der Waals surface area contributed by atoms with Gasteiger partial charge in [0.25, 0.3) is 0 Å². The summed E-state index contributed by atoms with van der Waals surface area (Å²) in [5.41, 5.74) is 4.08. The molecule has 0 N–H and O–H groups in total. The molecule has 1 aromatic carbocycles. The van der Waals surface area contributed by atoms with Crippen molar-refractivity contribution in [2.24, 2.45) is 0 Å². The molecule has 1 aromatic heterocycles. The molecule has 0 bridgehead atoms. The van der Waals surface area contributed by atoms with Crippen LogP contribution >= 0.6 is 11.6 Å². The van der Waals surface area contributed by atoms with Gasteiger partial charge in [-0.1, -0.05) is 31.5 Å². The highest BCUT2D eigenvalue weighted by Crippen LogP contribution is 2.35. The van der Waals surface area contributed by atoms with E-state index < -0.39 is 0 Å². The molecule has 1 amide bonds. The number of carbonyl (C=O) groups excluding carboxylic acids is 1. The van der Waals surface area contributed by atoms with Gasteiger partial charge in [-0.15, -0.1) is 0 Å². The van der Waals surface area contributed by atoms with Gasteiger partial charge in [0.2, 0.25) is 5.91 Å². The molecule has 0 aliphatic rings. The number of amides is 1. The molecule has 118 valence electrons. The number of nitrogens with zero attached hydrogens (tertiary/aromatic N) is 4. The van der Waals surface area contributed by atoms with Crippen molar-refractivity contribution in [3.05, 3.63) is 40.4 Å². The molecule has 0 unspecified atom stereocenters. The summed E-state index contributed by atoms with van der Waals surface area (Å²) in [5.74, 6) is -0.0418. The molecule has 0 spiro atoms. The quantitative estimate of drug-likeness (QED) is 0.848. The smallest absolute Gasteiger partial charge is 0.225 e. The molecule has 0 atom stereocenters. The number of anilines is 1. The minimum Gasteiger partial charge on any atom is -0.292 e. The van der Waals surface area contributed by atoms with E-state index in [-0.39, 0.29) is 5.91 Å². The second kappa shape index (κ2) is 6.92. The van der Waals surface area contributed by atoms with E-state index in [1.807, 2.05) is 6.92 Å². The van der Waals surface area contributed by atoms with Crippen molar-refractivity contribution in [3.8, 4) is 0 Å². The Labute approximate surface area is 135 Å². The lowest BCUT2D eigenvalue weighted by molar-refractivity contribution is -0.117. The topological polar surface area (TPSA) is 51.0 Å². The molecule has 0 fully saturated rings. The maximum absolute atomic E-state index is 12.2. The van der Waals surface area contributed by atoms with Crippen LogP contribution in [0, 0.1) is 6.92 Å². The highest BCUT2D eigenvalue weighted by molar-refractivity contribution is 6.32. The molecule has 0 radical (unpaired) electrons. The van der Waals surface area contributed by atoms with Crippen molar-refractivity contribution < 1.29 is 4.79 Å². The zero-order chi connectivity index (χ0) is 16.3. The predicted octanol–water partition coefficient (Wildman–Crippen LogP) is 3.38. The second-order valence-electron chi connectivity index (χ2n) is 5.22. The van der Waals surface area contributed by atoms with Crippen LogP contribution < -0.4 is 4.90 Å². The fourth-order valence-electron chi connectivity index (χ4n) is 2.64. The Hall–Kier alpha value is -1.88. The lowest BCUT2D eigenvalue weighted by atomic mass is 9.98. The summed E-state index contributed by atoms with van der Waals surface area (Å²) in [6.45, 7) is 8.02. The Bertz CT molecular complexity index is 667. The standard InChI is InChI=1S/C16H21ClN4O/c1-5-13-7-11(3)15(17)14(6-2)16(13)21(12(4)22)10-20-9-18-8-19-20/h7-9H,5-6,10H2,1-4H3. The van der Waals surface area contributed by atoms with E-state index in [0.717, 1.165) is 40.2 Å². The number of aromatic nitrogens is 3. The number of rotatable bonds is 5. The van der Waals surface area contributed by atoms with Crippen LogP contribution in [0.5, 0.6) is 0 Å². The Morgan fingerprint density at radius 3 is 2.59 bits per heavy atom. The van der Waals surface area contributed by atoms with Gasteiger partial charge in [0, 0.05) is 11.9 Å². The molecule has 0 saturated carbocycles. The summed E-state index contributed by atoms with van der Waals surface area (Å²) in [7, 11) is 0. The fraction of sp³-hybridized carbons (Fsp3) is 0.438. The van der Waals surface area contributed by atoms with Crippen LogP contribution in [0.25, 0.3) is 0 Å². The minimum atomic E-state index is -0.0418. The molecule has 0 aliphatic carbocycles. The molecular weight excluding hydrogens is 300 g/mol. The normalized spacial score (nSPS) is 10.8. The maximum Gasteiger partial charge on any atom is 0.225 e. The van der Waals surface area contributed by atoms with E-state index in [1.54, 1.807) is 22.8 Å². The van der Waals surface area contributed by atoms with Crippen LogP contribution in [0.3, 0.4) is 0 Å². The van der Waals surface area contributed by atoms with Gasteiger partial charge in [0.05, 0.1) is 5.69 Å². The number of hydrogen-bond donors (Lipinski definition) is 0. The summed E-state index contributed by atoms with van der Waals surface area (Å²) in [4.78, 5) is 17.9. The summed E-state index contributed by atoms with van der Waals surface area (Å²) in [6, 6.07) is 2.06. The fourth-order valence-corrected chi connectivity index (χ4v) is 2.91. The van der Waals surface area contributed by atoms with Gasteiger partial charge < -0.3 is 0 Å². The molecule has 5 nitrogen and oxygen atoms in total. The summed E-state index contributed by atoms with van der Waals surface area (Å²) < 4.78 is 1.63. The molecule has 0 saturated heterocycles. The number of halogens is 1.